The van der Waals surface area contributed by atoms with Gasteiger partial charge in [-0.3, -0.25) is 0 Å². The molecule has 0 bridgehead atoms. The van der Waals surface area contributed by atoms with Gasteiger partial charge in [-0.05, 0) is 42.7 Å². The van der Waals surface area contributed by atoms with Crippen LogP contribution in [0.25, 0.3) is 0 Å². The van der Waals surface area contributed by atoms with E-state index in [1.807, 2.05) is 13.8 Å². The minimum absolute atomic E-state index is 0.0878. The fourth-order valence-corrected chi connectivity index (χ4v) is 3.00. The lowest BCUT2D eigenvalue weighted by atomic mass is 9.95. The lowest BCUT2D eigenvalue weighted by molar-refractivity contribution is 0.442. The van der Waals surface area contributed by atoms with Gasteiger partial charge in [0.25, 0.3) is 0 Å². The summed E-state index contributed by atoms with van der Waals surface area (Å²) >= 11 is 5.96. The SMILES string of the molecule is CCCc1cc(O)c(CCC)c(CNc2cc(Cl)ccc2O)c1O. The number of anilines is 1. The van der Waals surface area contributed by atoms with Crippen molar-refractivity contribution >= 4 is 17.3 Å². The van der Waals surface area contributed by atoms with Gasteiger partial charge in [-0.25, -0.2) is 0 Å². The third-order valence-electron chi connectivity index (χ3n) is 4.01. The highest BCUT2D eigenvalue weighted by Crippen LogP contribution is 2.36. The predicted octanol–water partition coefficient (Wildman–Crippen LogP) is 4.97. The minimum Gasteiger partial charge on any atom is -0.508 e. The Balaban J connectivity index is 2.37. The maximum Gasteiger partial charge on any atom is 0.138 e. The molecule has 0 saturated carbocycles. The Labute approximate surface area is 147 Å². The maximum atomic E-state index is 10.6. The summed E-state index contributed by atoms with van der Waals surface area (Å²) in [6, 6.07) is 6.41. The van der Waals surface area contributed by atoms with Crippen molar-refractivity contribution in [3.63, 3.8) is 0 Å². The molecule has 0 aliphatic carbocycles. The van der Waals surface area contributed by atoms with Crippen molar-refractivity contribution in [1.29, 1.82) is 0 Å². The summed E-state index contributed by atoms with van der Waals surface area (Å²) in [6.45, 7) is 4.34. The number of nitrogens with one attached hydrogen (secondary N) is 1. The molecule has 0 aromatic heterocycles. The van der Waals surface area contributed by atoms with Gasteiger partial charge in [0.1, 0.15) is 17.2 Å². The smallest absolute Gasteiger partial charge is 0.138 e. The molecule has 0 radical (unpaired) electrons. The number of rotatable bonds is 7. The van der Waals surface area contributed by atoms with E-state index >= 15 is 0 Å². The van der Waals surface area contributed by atoms with Crippen molar-refractivity contribution in [1.82, 2.24) is 0 Å². The minimum atomic E-state index is 0.0878. The van der Waals surface area contributed by atoms with Gasteiger partial charge in [-0.15, -0.1) is 0 Å². The zero-order chi connectivity index (χ0) is 17.7. The van der Waals surface area contributed by atoms with Crippen LogP contribution in [0.5, 0.6) is 17.2 Å². The lowest BCUT2D eigenvalue weighted by Crippen LogP contribution is -2.06. The summed E-state index contributed by atoms with van der Waals surface area (Å²) in [7, 11) is 0. The molecule has 0 saturated heterocycles. The van der Waals surface area contributed by atoms with Gasteiger partial charge in [-0.2, -0.15) is 0 Å². The lowest BCUT2D eigenvalue weighted by Gasteiger charge is -2.18. The van der Waals surface area contributed by atoms with E-state index < -0.39 is 0 Å². The van der Waals surface area contributed by atoms with E-state index in [2.05, 4.69) is 5.32 Å². The quantitative estimate of drug-likeness (QED) is 0.420. The van der Waals surface area contributed by atoms with Crippen LogP contribution in [0.4, 0.5) is 5.69 Å². The van der Waals surface area contributed by atoms with Gasteiger partial charge in [-0.1, -0.05) is 38.3 Å². The largest absolute Gasteiger partial charge is 0.508 e. The fraction of sp³-hybridized carbons (Fsp3) is 0.368. The number of hydrogen-bond acceptors (Lipinski definition) is 4. The number of aromatic hydroxyl groups is 3. The van der Waals surface area contributed by atoms with E-state index in [0.29, 0.717) is 35.7 Å². The third kappa shape index (κ3) is 4.06. The molecule has 0 aliphatic heterocycles. The summed E-state index contributed by atoms with van der Waals surface area (Å²) in [5.41, 5.74) is 2.63. The Morgan fingerprint density at radius 2 is 1.62 bits per heavy atom. The van der Waals surface area contributed by atoms with Crippen LogP contribution in [-0.4, -0.2) is 15.3 Å². The number of hydrogen-bond donors (Lipinski definition) is 4. The first-order valence-electron chi connectivity index (χ1n) is 8.25. The molecule has 2 rings (SSSR count). The summed E-state index contributed by atoms with van der Waals surface area (Å²) in [5.74, 6) is 0.516. The Morgan fingerprint density at radius 3 is 2.29 bits per heavy atom. The zero-order valence-electron chi connectivity index (χ0n) is 14.1. The van der Waals surface area contributed by atoms with Gasteiger partial charge < -0.3 is 20.6 Å². The second kappa shape index (κ2) is 8.15. The molecule has 5 heteroatoms. The van der Waals surface area contributed by atoms with E-state index in [-0.39, 0.29) is 17.2 Å². The van der Waals surface area contributed by atoms with Gasteiger partial charge in [0.15, 0.2) is 0 Å². The van der Waals surface area contributed by atoms with Crippen LogP contribution in [0, 0.1) is 0 Å². The molecular formula is C19H24ClNO3. The van der Waals surface area contributed by atoms with Crippen LogP contribution >= 0.6 is 11.6 Å². The van der Waals surface area contributed by atoms with Gasteiger partial charge in [0, 0.05) is 22.7 Å². The number of benzene rings is 2. The molecule has 4 nitrogen and oxygen atoms in total. The Morgan fingerprint density at radius 1 is 0.917 bits per heavy atom. The van der Waals surface area contributed by atoms with Crippen LogP contribution in [0.3, 0.4) is 0 Å². The average molecular weight is 350 g/mol. The van der Waals surface area contributed by atoms with Gasteiger partial charge in [0.05, 0.1) is 5.69 Å². The molecule has 0 aliphatic rings. The summed E-state index contributed by atoms with van der Waals surface area (Å²) in [4.78, 5) is 0. The van der Waals surface area contributed by atoms with E-state index in [0.717, 1.165) is 24.0 Å². The molecule has 24 heavy (non-hydrogen) atoms. The molecule has 0 fully saturated rings. The monoisotopic (exact) mass is 349 g/mol. The Hall–Kier alpha value is -2.07. The van der Waals surface area contributed by atoms with Crippen molar-refractivity contribution < 1.29 is 15.3 Å². The van der Waals surface area contributed by atoms with Crippen LogP contribution in [0.1, 0.15) is 43.4 Å². The van der Waals surface area contributed by atoms with Crippen LogP contribution < -0.4 is 5.32 Å². The zero-order valence-corrected chi connectivity index (χ0v) is 14.8. The molecule has 2 aromatic rings. The van der Waals surface area contributed by atoms with E-state index in [1.54, 1.807) is 18.2 Å². The molecule has 0 atom stereocenters. The molecule has 0 heterocycles. The molecule has 130 valence electrons. The Bertz CT molecular complexity index is 716. The summed E-state index contributed by atoms with van der Waals surface area (Å²) in [5, 5.41) is 34.5. The second-order valence-electron chi connectivity index (χ2n) is 5.88. The fourth-order valence-electron chi connectivity index (χ4n) is 2.82. The normalized spacial score (nSPS) is 10.8. The first kappa shape index (κ1) is 18.3. The highest BCUT2D eigenvalue weighted by molar-refractivity contribution is 6.30. The van der Waals surface area contributed by atoms with Gasteiger partial charge >= 0.3 is 0 Å². The van der Waals surface area contributed by atoms with Gasteiger partial charge in [0.2, 0.25) is 0 Å². The molecule has 0 spiro atoms. The highest BCUT2D eigenvalue weighted by atomic mass is 35.5. The highest BCUT2D eigenvalue weighted by Gasteiger charge is 2.17. The summed E-state index contributed by atoms with van der Waals surface area (Å²) in [6.07, 6.45) is 3.10. The molecule has 0 amide bonds. The Kier molecular flexibility index (Phi) is 6.21. The van der Waals surface area contributed by atoms with Crippen molar-refractivity contribution in [3.05, 3.63) is 46.0 Å². The van der Waals surface area contributed by atoms with E-state index in [1.165, 1.54) is 6.07 Å². The predicted molar refractivity (Wildman–Crippen MR) is 98.2 cm³/mol. The second-order valence-corrected chi connectivity index (χ2v) is 6.31. The van der Waals surface area contributed by atoms with Crippen LogP contribution in [0.15, 0.2) is 24.3 Å². The number of halogens is 1. The first-order chi connectivity index (χ1) is 11.5. The molecule has 2 aromatic carbocycles. The first-order valence-corrected chi connectivity index (χ1v) is 8.63. The van der Waals surface area contributed by atoms with Crippen molar-refractivity contribution in [3.8, 4) is 17.2 Å². The topological polar surface area (TPSA) is 72.7 Å². The average Bonchev–Trinajstić information content (AvgIpc) is 2.55. The van der Waals surface area contributed by atoms with Crippen LogP contribution in [0.2, 0.25) is 5.02 Å². The van der Waals surface area contributed by atoms with E-state index in [9.17, 15) is 15.3 Å². The third-order valence-corrected chi connectivity index (χ3v) is 4.24. The van der Waals surface area contributed by atoms with Crippen molar-refractivity contribution in [2.75, 3.05) is 5.32 Å². The standard InChI is InChI=1S/C19H24ClNO3/c1-3-5-12-9-18(23)14(6-4-2)15(19(12)24)11-21-16-10-13(20)7-8-17(16)22/h7-10,21-24H,3-6,11H2,1-2H3. The van der Waals surface area contributed by atoms with Crippen molar-refractivity contribution in [2.45, 2.75) is 46.1 Å². The molecule has 4 N–H and O–H groups in total. The molecular weight excluding hydrogens is 326 g/mol. The number of aryl methyl sites for hydroxylation is 1. The van der Waals surface area contributed by atoms with Crippen molar-refractivity contribution in [2.24, 2.45) is 0 Å². The van der Waals surface area contributed by atoms with E-state index in [4.69, 9.17) is 11.6 Å². The maximum absolute atomic E-state index is 10.6. The number of phenolic OH excluding ortho intramolecular Hbond substituents is 3. The molecule has 0 unspecified atom stereocenters. The summed E-state index contributed by atoms with van der Waals surface area (Å²) < 4.78 is 0. The van der Waals surface area contributed by atoms with Crippen LogP contribution in [-0.2, 0) is 19.4 Å². The number of phenols is 3.